The molecule has 0 aliphatic heterocycles. The number of para-hydroxylation sites is 1. The molecule has 0 fully saturated rings. The Labute approximate surface area is 99.6 Å². The molecule has 0 unspecified atom stereocenters. The van der Waals surface area contributed by atoms with Crippen molar-refractivity contribution in [1.82, 2.24) is 5.32 Å². The number of rotatable bonds is 5. The highest BCUT2D eigenvalue weighted by Crippen LogP contribution is 2.15. The van der Waals surface area contributed by atoms with Crippen LogP contribution in [-0.2, 0) is 4.79 Å². The van der Waals surface area contributed by atoms with Crippen LogP contribution in [0.25, 0.3) is 0 Å². The molecule has 5 nitrogen and oxygen atoms in total. The van der Waals surface area contributed by atoms with Gasteiger partial charge in [0.25, 0.3) is 5.91 Å². The maximum Gasteiger partial charge on any atom is 0.258 e. The van der Waals surface area contributed by atoms with E-state index in [1.807, 2.05) is 6.07 Å². The van der Waals surface area contributed by atoms with Gasteiger partial charge in [-0.05, 0) is 19.1 Å². The minimum absolute atomic E-state index is 0.175. The largest absolute Gasteiger partial charge is 0.482 e. The van der Waals surface area contributed by atoms with Gasteiger partial charge in [-0.25, -0.2) is 0 Å². The predicted molar refractivity (Wildman–Crippen MR) is 61.3 cm³/mol. The van der Waals surface area contributed by atoms with Gasteiger partial charge >= 0.3 is 0 Å². The molecule has 0 aromatic heterocycles. The van der Waals surface area contributed by atoms with E-state index < -0.39 is 6.10 Å². The van der Waals surface area contributed by atoms with Crippen molar-refractivity contribution < 1.29 is 14.6 Å². The van der Waals surface area contributed by atoms with Gasteiger partial charge in [-0.15, -0.1) is 0 Å². The molecule has 0 aliphatic carbocycles. The molecule has 1 aromatic carbocycles. The van der Waals surface area contributed by atoms with E-state index >= 15 is 0 Å². The third-order valence-electron chi connectivity index (χ3n) is 1.96. The molecule has 0 spiro atoms. The smallest absolute Gasteiger partial charge is 0.258 e. The van der Waals surface area contributed by atoms with Crippen LogP contribution in [-0.4, -0.2) is 30.3 Å². The van der Waals surface area contributed by atoms with Gasteiger partial charge in [-0.3, -0.25) is 4.79 Å². The van der Waals surface area contributed by atoms with Crippen LogP contribution in [0, 0.1) is 11.3 Å². The van der Waals surface area contributed by atoms with Crippen LogP contribution in [0.3, 0.4) is 0 Å². The molecule has 0 radical (unpaired) electrons. The SMILES string of the molecule is C[C@@H](O)CNC(=O)COc1ccccc1C#N. The van der Waals surface area contributed by atoms with Crippen molar-refractivity contribution in [3.05, 3.63) is 29.8 Å². The van der Waals surface area contributed by atoms with Crippen molar-refractivity contribution in [2.24, 2.45) is 0 Å². The van der Waals surface area contributed by atoms with Crippen LogP contribution in [0.15, 0.2) is 24.3 Å². The van der Waals surface area contributed by atoms with E-state index in [9.17, 15) is 4.79 Å². The molecule has 17 heavy (non-hydrogen) atoms. The zero-order valence-electron chi connectivity index (χ0n) is 9.51. The maximum atomic E-state index is 11.3. The van der Waals surface area contributed by atoms with Crippen LogP contribution in [0.2, 0.25) is 0 Å². The Morgan fingerprint density at radius 2 is 2.29 bits per heavy atom. The molecule has 0 bridgehead atoms. The van der Waals surface area contributed by atoms with Crippen molar-refractivity contribution in [3.63, 3.8) is 0 Å². The first-order valence-corrected chi connectivity index (χ1v) is 5.20. The second-order valence-electron chi connectivity index (χ2n) is 3.55. The molecule has 1 amide bonds. The van der Waals surface area contributed by atoms with E-state index in [1.165, 1.54) is 0 Å². The minimum Gasteiger partial charge on any atom is -0.482 e. The van der Waals surface area contributed by atoms with Crippen molar-refractivity contribution in [1.29, 1.82) is 5.26 Å². The summed E-state index contributed by atoms with van der Waals surface area (Å²) in [7, 11) is 0. The second kappa shape index (κ2) is 6.51. The topological polar surface area (TPSA) is 82.3 Å². The Kier molecular flexibility index (Phi) is 4.98. The van der Waals surface area contributed by atoms with Crippen molar-refractivity contribution in [2.75, 3.05) is 13.2 Å². The Hall–Kier alpha value is -2.06. The van der Waals surface area contributed by atoms with Crippen molar-refractivity contribution >= 4 is 5.91 Å². The van der Waals surface area contributed by atoms with Gasteiger partial charge in [0.2, 0.25) is 0 Å². The molecule has 0 saturated heterocycles. The number of nitrogens with zero attached hydrogens (tertiary/aromatic N) is 1. The van der Waals surface area contributed by atoms with E-state index in [1.54, 1.807) is 31.2 Å². The van der Waals surface area contributed by atoms with Crippen LogP contribution in [0.1, 0.15) is 12.5 Å². The van der Waals surface area contributed by atoms with Crippen LogP contribution < -0.4 is 10.1 Å². The number of hydrogen-bond donors (Lipinski definition) is 2. The molecule has 5 heteroatoms. The first kappa shape index (κ1) is 13.0. The summed E-state index contributed by atoms with van der Waals surface area (Å²) in [4.78, 5) is 11.3. The third-order valence-corrected chi connectivity index (χ3v) is 1.96. The molecular formula is C12H14N2O3. The maximum absolute atomic E-state index is 11.3. The summed E-state index contributed by atoms with van der Waals surface area (Å²) >= 11 is 0. The predicted octanol–water partition coefficient (Wildman–Crippen LogP) is 0.434. The molecule has 0 saturated carbocycles. The number of ether oxygens (including phenoxy) is 1. The lowest BCUT2D eigenvalue weighted by Crippen LogP contribution is -2.34. The lowest BCUT2D eigenvalue weighted by molar-refractivity contribution is -0.123. The summed E-state index contributed by atoms with van der Waals surface area (Å²) in [5, 5.41) is 20.3. The molecule has 0 aliphatic rings. The number of carbonyl (C=O) groups is 1. The zero-order chi connectivity index (χ0) is 12.7. The number of benzene rings is 1. The second-order valence-corrected chi connectivity index (χ2v) is 3.55. The van der Waals surface area contributed by atoms with Gasteiger partial charge < -0.3 is 15.2 Å². The quantitative estimate of drug-likeness (QED) is 0.774. The van der Waals surface area contributed by atoms with E-state index in [2.05, 4.69) is 5.32 Å². The summed E-state index contributed by atoms with van der Waals surface area (Å²) in [5.41, 5.74) is 0.385. The Balaban J connectivity index is 2.45. The Morgan fingerprint density at radius 3 is 2.94 bits per heavy atom. The summed E-state index contributed by atoms with van der Waals surface area (Å²) in [6, 6.07) is 8.66. The molecule has 0 heterocycles. The van der Waals surface area contributed by atoms with E-state index in [0.29, 0.717) is 11.3 Å². The lowest BCUT2D eigenvalue weighted by Gasteiger charge is -2.09. The standard InChI is InChI=1S/C12H14N2O3/c1-9(15)7-14-12(16)8-17-11-5-3-2-4-10(11)6-13/h2-5,9,15H,7-8H2,1H3,(H,14,16)/t9-/m1/s1. The highest BCUT2D eigenvalue weighted by molar-refractivity contribution is 5.77. The fourth-order valence-corrected chi connectivity index (χ4v) is 1.14. The van der Waals surface area contributed by atoms with Gasteiger partial charge in [0.15, 0.2) is 6.61 Å². The lowest BCUT2D eigenvalue weighted by atomic mass is 10.2. The summed E-state index contributed by atoms with van der Waals surface area (Å²) in [6.45, 7) is 1.58. The van der Waals surface area contributed by atoms with Gasteiger partial charge in [-0.1, -0.05) is 12.1 Å². The van der Waals surface area contributed by atoms with E-state index in [-0.39, 0.29) is 19.1 Å². The number of nitrogens with one attached hydrogen (secondary N) is 1. The first-order chi connectivity index (χ1) is 8.13. The number of nitriles is 1. The number of carbonyl (C=O) groups excluding carboxylic acids is 1. The average molecular weight is 234 g/mol. The van der Waals surface area contributed by atoms with Crippen molar-refractivity contribution in [3.8, 4) is 11.8 Å². The average Bonchev–Trinajstić information content (AvgIpc) is 2.34. The van der Waals surface area contributed by atoms with Crippen LogP contribution in [0.5, 0.6) is 5.75 Å². The van der Waals surface area contributed by atoms with Crippen molar-refractivity contribution in [2.45, 2.75) is 13.0 Å². The number of aliphatic hydroxyl groups is 1. The highest BCUT2D eigenvalue weighted by Gasteiger charge is 2.06. The van der Waals surface area contributed by atoms with E-state index in [4.69, 9.17) is 15.1 Å². The van der Waals surface area contributed by atoms with Crippen LogP contribution >= 0.6 is 0 Å². The normalized spacial score (nSPS) is 11.4. The summed E-state index contributed by atoms with van der Waals surface area (Å²) < 4.78 is 5.21. The summed E-state index contributed by atoms with van der Waals surface area (Å²) in [6.07, 6.45) is -0.592. The molecule has 1 rings (SSSR count). The molecule has 2 N–H and O–H groups in total. The minimum atomic E-state index is -0.592. The highest BCUT2D eigenvalue weighted by atomic mass is 16.5. The number of amides is 1. The molecule has 90 valence electrons. The fourth-order valence-electron chi connectivity index (χ4n) is 1.14. The molecule has 1 atom stereocenters. The van der Waals surface area contributed by atoms with Gasteiger partial charge in [0.05, 0.1) is 11.7 Å². The Bertz CT molecular complexity index is 424. The monoisotopic (exact) mass is 234 g/mol. The molecular weight excluding hydrogens is 220 g/mol. The first-order valence-electron chi connectivity index (χ1n) is 5.20. The van der Waals surface area contributed by atoms with E-state index in [0.717, 1.165) is 0 Å². The summed E-state index contributed by atoms with van der Waals surface area (Å²) in [5.74, 6) is 0.0424. The zero-order valence-corrected chi connectivity index (χ0v) is 9.51. The van der Waals surface area contributed by atoms with Gasteiger partial charge in [-0.2, -0.15) is 5.26 Å². The Morgan fingerprint density at radius 1 is 1.59 bits per heavy atom. The fraction of sp³-hybridized carbons (Fsp3) is 0.333. The van der Waals surface area contributed by atoms with Crippen LogP contribution in [0.4, 0.5) is 0 Å². The number of aliphatic hydroxyl groups excluding tert-OH is 1. The van der Waals surface area contributed by atoms with Gasteiger partial charge in [0, 0.05) is 6.54 Å². The van der Waals surface area contributed by atoms with Gasteiger partial charge in [0.1, 0.15) is 11.8 Å². The number of hydrogen-bond acceptors (Lipinski definition) is 4. The third kappa shape index (κ3) is 4.53. The molecule has 1 aromatic rings.